The van der Waals surface area contributed by atoms with Gasteiger partial charge in [-0.3, -0.25) is 9.48 Å². The second kappa shape index (κ2) is 7.78. The van der Waals surface area contributed by atoms with Crippen molar-refractivity contribution in [1.29, 1.82) is 0 Å². The second-order valence-corrected chi connectivity index (χ2v) is 5.22. The Kier molecular flexibility index (Phi) is 5.76. The summed E-state index contributed by atoms with van der Waals surface area (Å²) in [6.45, 7) is 4.59. The van der Waals surface area contributed by atoms with Crippen molar-refractivity contribution in [2.24, 2.45) is 7.05 Å². The Morgan fingerprint density at radius 1 is 1.52 bits per heavy atom. The molecule has 2 aromatic heterocycles. The van der Waals surface area contributed by atoms with Crippen molar-refractivity contribution < 1.29 is 9.53 Å². The fourth-order valence-corrected chi connectivity index (χ4v) is 2.30. The molecule has 0 unspecified atom stereocenters. The highest BCUT2D eigenvalue weighted by Crippen LogP contribution is 2.20. The van der Waals surface area contributed by atoms with Gasteiger partial charge in [-0.2, -0.15) is 5.10 Å². The summed E-state index contributed by atoms with van der Waals surface area (Å²) in [5.74, 6) is 0.307. The molecule has 2 rings (SSSR count). The van der Waals surface area contributed by atoms with Crippen molar-refractivity contribution in [3.05, 3.63) is 46.4 Å². The van der Waals surface area contributed by atoms with Crippen LogP contribution in [0.15, 0.2) is 24.4 Å². The van der Waals surface area contributed by atoms with E-state index in [-0.39, 0.29) is 5.91 Å². The SMILES string of the molecule is CCOc1ncccc1CNC(=O)/C=C/c1c(C)nn(C)c1Cl. The first-order valence-electron chi connectivity index (χ1n) is 7.24. The highest BCUT2D eigenvalue weighted by Gasteiger charge is 2.09. The van der Waals surface area contributed by atoms with E-state index in [9.17, 15) is 4.79 Å². The third-order valence-electron chi connectivity index (χ3n) is 3.18. The van der Waals surface area contributed by atoms with Gasteiger partial charge in [0.15, 0.2) is 0 Å². The number of halogens is 1. The Hall–Kier alpha value is -2.34. The number of ether oxygens (including phenoxy) is 1. The minimum absolute atomic E-state index is 0.226. The molecule has 7 heteroatoms. The predicted molar refractivity (Wildman–Crippen MR) is 89.2 cm³/mol. The van der Waals surface area contributed by atoms with E-state index in [0.29, 0.717) is 24.2 Å². The Balaban J connectivity index is 1.99. The number of pyridine rings is 1. The van der Waals surface area contributed by atoms with Gasteiger partial charge in [-0.25, -0.2) is 4.98 Å². The van der Waals surface area contributed by atoms with Crippen molar-refractivity contribution in [3.63, 3.8) is 0 Å². The second-order valence-electron chi connectivity index (χ2n) is 4.87. The van der Waals surface area contributed by atoms with Crippen LogP contribution in [0, 0.1) is 6.92 Å². The van der Waals surface area contributed by atoms with Crippen LogP contribution in [0.5, 0.6) is 5.88 Å². The van der Waals surface area contributed by atoms with Crippen LogP contribution in [-0.4, -0.2) is 27.3 Å². The number of hydrogen-bond donors (Lipinski definition) is 1. The van der Waals surface area contributed by atoms with Crippen LogP contribution in [0.4, 0.5) is 0 Å². The van der Waals surface area contributed by atoms with E-state index in [0.717, 1.165) is 16.8 Å². The van der Waals surface area contributed by atoms with Gasteiger partial charge >= 0.3 is 0 Å². The Morgan fingerprint density at radius 2 is 2.30 bits per heavy atom. The highest BCUT2D eigenvalue weighted by molar-refractivity contribution is 6.31. The zero-order valence-corrected chi connectivity index (χ0v) is 14.1. The molecular formula is C16H19ClN4O2. The van der Waals surface area contributed by atoms with Gasteiger partial charge in [-0.05, 0) is 26.0 Å². The van der Waals surface area contributed by atoms with Gasteiger partial charge in [0.2, 0.25) is 11.8 Å². The lowest BCUT2D eigenvalue weighted by Crippen LogP contribution is -2.20. The lowest BCUT2D eigenvalue weighted by atomic mass is 10.2. The molecule has 1 N–H and O–H groups in total. The zero-order chi connectivity index (χ0) is 16.8. The third-order valence-corrected chi connectivity index (χ3v) is 3.63. The summed E-state index contributed by atoms with van der Waals surface area (Å²) in [5, 5.41) is 7.49. The smallest absolute Gasteiger partial charge is 0.244 e. The van der Waals surface area contributed by atoms with Crippen LogP contribution >= 0.6 is 11.6 Å². The quantitative estimate of drug-likeness (QED) is 0.824. The summed E-state index contributed by atoms with van der Waals surface area (Å²) in [4.78, 5) is 16.1. The molecule has 2 aromatic rings. The van der Waals surface area contributed by atoms with E-state index in [1.54, 1.807) is 30.1 Å². The number of aromatic nitrogens is 3. The lowest BCUT2D eigenvalue weighted by Gasteiger charge is -2.08. The lowest BCUT2D eigenvalue weighted by molar-refractivity contribution is -0.116. The average molecular weight is 335 g/mol. The van der Waals surface area contributed by atoms with E-state index in [1.165, 1.54) is 6.08 Å². The highest BCUT2D eigenvalue weighted by atomic mass is 35.5. The molecule has 0 saturated carbocycles. The van der Waals surface area contributed by atoms with Crippen LogP contribution in [0.1, 0.15) is 23.7 Å². The number of nitrogens with one attached hydrogen (secondary N) is 1. The average Bonchev–Trinajstić information content (AvgIpc) is 2.77. The number of nitrogens with zero attached hydrogens (tertiary/aromatic N) is 3. The molecule has 0 saturated heterocycles. The predicted octanol–water partition coefficient (Wildman–Crippen LogP) is 2.51. The van der Waals surface area contributed by atoms with Gasteiger partial charge in [0, 0.05) is 37.0 Å². The first-order valence-corrected chi connectivity index (χ1v) is 7.62. The normalized spacial score (nSPS) is 11.0. The summed E-state index contributed by atoms with van der Waals surface area (Å²) in [5.41, 5.74) is 2.33. The summed E-state index contributed by atoms with van der Waals surface area (Å²) < 4.78 is 6.99. The first-order chi connectivity index (χ1) is 11.0. The largest absolute Gasteiger partial charge is 0.478 e. The Morgan fingerprint density at radius 3 is 2.96 bits per heavy atom. The van der Waals surface area contributed by atoms with Crippen LogP contribution in [0.25, 0.3) is 6.08 Å². The zero-order valence-electron chi connectivity index (χ0n) is 13.3. The van der Waals surface area contributed by atoms with E-state index in [1.807, 2.05) is 19.9 Å². The molecule has 0 spiro atoms. The molecule has 122 valence electrons. The molecule has 0 fully saturated rings. The van der Waals surface area contributed by atoms with E-state index in [4.69, 9.17) is 16.3 Å². The van der Waals surface area contributed by atoms with Crippen LogP contribution in [-0.2, 0) is 18.4 Å². The Labute approximate surface area is 140 Å². The molecule has 0 aromatic carbocycles. The molecule has 0 aliphatic rings. The third kappa shape index (κ3) is 4.32. The van der Waals surface area contributed by atoms with E-state index < -0.39 is 0 Å². The molecule has 23 heavy (non-hydrogen) atoms. The fraction of sp³-hybridized carbons (Fsp3) is 0.312. The minimum atomic E-state index is -0.226. The molecule has 0 radical (unpaired) electrons. The van der Waals surface area contributed by atoms with Gasteiger partial charge in [-0.1, -0.05) is 17.7 Å². The van der Waals surface area contributed by atoms with Crippen molar-refractivity contribution in [2.45, 2.75) is 20.4 Å². The minimum Gasteiger partial charge on any atom is -0.478 e. The van der Waals surface area contributed by atoms with Crippen molar-refractivity contribution in [1.82, 2.24) is 20.1 Å². The molecule has 0 bridgehead atoms. The number of aryl methyl sites for hydroxylation is 2. The topological polar surface area (TPSA) is 69.0 Å². The summed E-state index contributed by atoms with van der Waals surface area (Å²) in [7, 11) is 1.75. The molecule has 2 heterocycles. The van der Waals surface area contributed by atoms with Gasteiger partial charge in [-0.15, -0.1) is 0 Å². The summed E-state index contributed by atoms with van der Waals surface area (Å²) >= 11 is 6.12. The van der Waals surface area contributed by atoms with Crippen LogP contribution < -0.4 is 10.1 Å². The summed E-state index contributed by atoms with van der Waals surface area (Å²) in [6, 6.07) is 3.67. The van der Waals surface area contributed by atoms with Gasteiger partial charge in [0.05, 0.1) is 12.3 Å². The van der Waals surface area contributed by atoms with Crippen molar-refractivity contribution in [2.75, 3.05) is 6.61 Å². The number of amides is 1. The molecule has 0 atom stereocenters. The molecule has 1 amide bonds. The van der Waals surface area contributed by atoms with Gasteiger partial charge in [0.1, 0.15) is 5.15 Å². The number of carbonyl (C=O) groups is 1. The maximum Gasteiger partial charge on any atom is 0.244 e. The molecule has 6 nitrogen and oxygen atoms in total. The maximum absolute atomic E-state index is 12.0. The number of hydrogen-bond acceptors (Lipinski definition) is 4. The van der Waals surface area contributed by atoms with Gasteiger partial charge < -0.3 is 10.1 Å². The maximum atomic E-state index is 12.0. The first kappa shape index (κ1) is 17.0. The van der Waals surface area contributed by atoms with Crippen LogP contribution in [0.2, 0.25) is 5.15 Å². The van der Waals surface area contributed by atoms with Crippen LogP contribution in [0.3, 0.4) is 0 Å². The van der Waals surface area contributed by atoms with Crippen molar-refractivity contribution >= 4 is 23.6 Å². The monoisotopic (exact) mass is 334 g/mol. The number of rotatable bonds is 6. The van der Waals surface area contributed by atoms with Gasteiger partial charge in [0.25, 0.3) is 0 Å². The van der Waals surface area contributed by atoms with E-state index >= 15 is 0 Å². The molecule has 0 aliphatic carbocycles. The number of carbonyl (C=O) groups excluding carboxylic acids is 1. The molecular weight excluding hydrogens is 316 g/mol. The Bertz CT molecular complexity index is 725. The molecule has 0 aliphatic heterocycles. The standard InChI is InChI=1S/C16H19ClN4O2/c1-4-23-16-12(6-5-9-18-16)10-19-14(22)8-7-13-11(2)20-21(3)15(13)17/h5-9H,4,10H2,1-3H3,(H,19,22)/b8-7+. The van der Waals surface area contributed by atoms with Crippen molar-refractivity contribution in [3.8, 4) is 5.88 Å². The summed E-state index contributed by atoms with van der Waals surface area (Å²) in [6.07, 6.45) is 4.75. The fourth-order valence-electron chi connectivity index (χ4n) is 2.06. The van der Waals surface area contributed by atoms with E-state index in [2.05, 4.69) is 15.4 Å².